The Kier molecular flexibility index (Phi) is 2.52. The van der Waals surface area contributed by atoms with Crippen LogP contribution in [0.1, 0.15) is 32.6 Å². The molecule has 0 amide bonds. The molecule has 1 aliphatic rings. The third-order valence-electron chi connectivity index (χ3n) is 2.77. The molecule has 0 aliphatic carbocycles. The lowest BCUT2D eigenvalue weighted by atomic mass is 10.0. The molecule has 1 aromatic heterocycles. The molecular formula is C9H14ClN3S. The molecule has 1 aliphatic heterocycles. The van der Waals surface area contributed by atoms with Crippen molar-refractivity contribution in [3.05, 3.63) is 11.1 Å². The predicted molar refractivity (Wildman–Crippen MR) is 60.0 cm³/mol. The van der Waals surface area contributed by atoms with Crippen molar-refractivity contribution in [2.75, 3.05) is 5.75 Å². The number of aromatic nitrogens is 3. The summed E-state index contributed by atoms with van der Waals surface area (Å²) in [6.45, 7) is 6.55. The van der Waals surface area contributed by atoms with Crippen molar-refractivity contribution in [2.45, 2.75) is 38.0 Å². The first kappa shape index (κ1) is 10.3. The number of aryl methyl sites for hydroxylation is 1. The zero-order valence-electron chi connectivity index (χ0n) is 8.62. The minimum absolute atomic E-state index is 0.260. The van der Waals surface area contributed by atoms with Gasteiger partial charge in [0.1, 0.15) is 5.82 Å². The van der Waals surface area contributed by atoms with Crippen molar-refractivity contribution in [2.24, 2.45) is 0 Å². The summed E-state index contributed by atoms with van der Waals surface area (Å²) in [6.07, 6.45) is 0.886. The maximum Gasteiger partial charge on any atom is 0.225 e. The van der Waals surface area contributed by atoms with Crippen LogP contribution in [-0.4, -0.2) is 25.3 Å². The molecule has 2 heterocycles. The summed E-state index contributed by atoms with van der Waals surface area (Å²) >= 11 is 8.00. The second-order valence-electron chi connectivity index (χ2n) is 4.04. The number of rotatable bonds is 2. The zero-order chi connectivity index (χ0) is 10.3. The monoisotopic (exact) mass is 231 g/mol. The number of nitrogens with zero attached hydrogens (tertiary/aromatic N) is 3. The average molecular weight is 232 g/mol. The molecule has 1 saturated heterocycles. The normalized spacial score (nSPS) is 24.7. The van der Waals surface area contributed by atoms with Crippen LogP contribution in [0.15, 0.2) is 0 Å². The summed E-state index contributed by atoms with van der Waals surface area (Å²) in [4.78, 5) is 0. The number of hydrogen-bond acceptors (Lipinski definition) is 3. The van der Waals surface area contributed by atoms with Gasteiger partial charge in [-0.3, -0.25) is 4.57 Å². The second-order valence-corrected chi connectivity index (χ2v) is 6.05. The standard InChI is InChI=1S/C9H14ClN3S/c1-4-7-11-12-8(10)13(7)6-5-14-9(6,2)3/h6H,4-5H2,1-3H3. The molecule has 3 nitrogen and oxygen atoms in total. The lowest BCUT2D eigenvalue weighted by molar-refractivity contribution is 0.407. The van der Waals surface area contributed by atoms with Crippen LogP contribution in [0.3, 0.4) is 0 Å². The Morgan fingerprint density at radius 2 is 2.29 bits per heavy atom. The fourth-order valence-corrected chi connectivity index (χ4v) is 3.22. The van der Waals surface area contributed by atoms with Crippen LogP contribution in [-0.2, 0) is 6.42 Å². The lowest BCUT2D eigenvalue weighted by Gasteiger charge is -2.44. The number of hydrogen-bond donors (Lipinski definition) is 0. The number of halogens is 1. The van der Waals surface area contributed by atoms with Crippen molar-refractivity contribution in [1.82, 2.24) is 14.8 Å². The smallest absolute Gasteiger partial charge is 0.225 e. The zero-order valence-corrected chi connectivity index (χ0v) is 10.2. The largest absolute Gasteiger partial charge is 0.296 e. The van der Waals surface area contributed by atoms with E-state index in [1.54, 1.807) is 0 Å². The van der Waals surface area contributed by atoms with E-state index in [1.165, 1.54) is 0 Å². The van der Waals surface area contributed by atoms with Crippen LogP contribution >= 0.6 is 23.4 Å². The van der Waals surface area contributed by atoms with Crippen molar-refractivity contribution < 1.29 is 0 Å². The van der Waals surface area contributed by atoms with Crippen LogP contribution in [0.5, 0.6) is 0 Å². The van der Waals surface area contributed by atoms with Gasteiger partial charge in [-0.05, 0) is 25.4 Å². The highest BCUT2D eigenvalue weighted by atomic mass is 35.5. The van der Waals surface area contributed by atoms with E-state index in [1.807, 2.05) is 11.8 Å². The van der Waals surface area contributed by atoms with E-state index in [0.29, 0.717) is 11.3 Å². The highest BCUT2D eigenvalue weighted by Crippen LogP contribution is 2.49. The van der Waals surface area contributed by atoms with Crippen LogP contribution in [0.4, 0.5) is 0 Å². The lowest BCUT2D eigenvalue weighted by Crippen LogP contribution is -2.42. The van der Waals surface area contributed by atoms with Gasteiger partial charge in [-0.2, -0.15) is 11.8 Å². The third kappa shape index (κ3) is 1.44. The molecule has 2 rings (SSSR count). The molecule has 1 aromatic rings. The Morgan fingerprint density at radius 1 is 1.57 bits per heavy atom. The molecule has 1 unspecified atom stereocenters. The molecule has 14 heavy (non-hydrogen) atoms. The van der Waals surface area contributed by atoms with E-state index < -0.39 is 0 Å². The Labute approximate surface area is 93.2 Å². The maximum absolute atomic E-state index is 6.04. The SMILES string of the molecule is CCc1nnc(Cl)n1C1CSC1(C)C. The first-order valence-electron chi connectivity index (χ1n) is 4.79. The third-order valence-corrected chi connectivity index (χ3v) is 4.52. The molecule has 78 valence electrons. The van der Waals surface area contributed by atoms with E-state index in [0.717, 1.165) is 18.0 Å². The molecule has 0 saturated carbocycles. The van der Waals surface area contributed by atoms with Crippen LogP contribution in [0, 0.1) is 0 Å². The van der Waals surface area contributed by atoms with Crippen LogP contribution in [0.2, 0.25) is 5.28 Å². The van der Waals surface area contributed by atoms with E-state index in [-0.39, 0.29) is 4.75 Å². The molecule has 0 radical (unpaired) electrons. The van der Waals surface area contributed by atoms with Gasteiger partial charge in [0.25, 0.3) is 0 Å². The van der Waals surface area contributed by atoms with E-state index in [4.69, 9.17) is 11.6 Å². The summed E-state index contributed by atoms with van der Waals surface area (Å²) in [5, 5.41) is 8.53. The van der Waals surface area contributed by atoms with Crippen molar-refractivity contribution in [3.8, 4) is 0 Å². The maximum atomic E-state index is 6.04. The Hall–Kier alpha value is -0.220. The molecule has 1 atom stereocenters. The van der Waals surface area contributed by atoms with Crippen molar-refractivity contribution >= 4 is 23.4 Å². The minimum atomic E-state index is 0.260. The van der Waals surface area contributed by atoms with Gasteiger partial charge < -0.3 is 0 Å². The summed E-state index contributed by atoms with van der Waals surface area (Å²) < 4.78 is 2.34. The summed E-state index contributed by atoms with van der Waals surface area (Å²) in [5.74, 6) is 2.10. The summed E-state index contributed by atoms with van der Waals surface area (Å²) in [7, 11) is 0. The fourth-order valence-electron chi connectivity index (χ4n) is 1.73. The van der Waals surface area contributed by atoms with Gasteiger partial charge >= 0.3 is 0 Å². The quantitative estimate of drug-likeness (QED) is 0.784. The van der Waals surface area contributed by atoms with E-state index in [2.05, 4.69) is 35.5 Å². The molecule has 0 aromatic carbocycles. The highest BCUT2D eigenvalue weighted by molar-refractivity contribution is 8.02. The molecule has 1 fully saturated rings. The topological polar surface area (TPSA) is 30.7 Å². The predicted octanol–water partition coefficient (Wildman–Crippen LogP) is 2.56. The van der Waals surface area contributed by atoms with Gasteiger partial charge in [0, 0.05) is 16.9 Å². The molecule has 0 N–H and O–H groups in total. The first-order valence-corrected chi connectivity index (χ1v) is 6.16. The molecule has 0 bridgehead atoms. The van der Waals surface area contributed by atoms with Gasteiger partial charge in [-0.1, -0.05) is 6.92 Å². The Balaban J connectivity index is 2.35. The van der Waals surface area contributed by atoms with Gasteiger partial charge in [0.15, 0.2) is 0 Å². The minimum Gasteiger partial charge on any atom is -0.296 e. The van der Waals surface area contributed by atoms with Crippen LogP contribution < -0.4 is 0 Å². The average Bonchev–Trinajstić information content (AvgIpc) is 2.47. The second kappa shape index (κ2) is 3.42. The van der Waals surface area contributed by atoms with E-state index >= 15 is 0 Å². The van der Waals surface area contributed by atoms with Gasteiger partial charge in [-0.15, -0.1) is 10.2 Å². The Morgan fingerprint density at radius 3 is 2.71 bits per heavy atom. The highest BCUT2D eigenvalue weighted by Gasteiger charge is 2.42. The Bertz CT molecular complexity index is 348. The van der Waals surface area contributed by atoms with Gasteiger partial charge in [0.05, 0.1) is 6.04 Å². The van der Waals surface area contributed by atoms with Crippen LogP contribution in [0.25, 0.3) is 0 Å². The molecule has 0 spiro atoms. The summed E-state index contributed by atoms with van der Waals surface area (Å²) in [5.41, 5.74) is 0. The fraction of sp³-hybridized carbons (Fsp3) is 0.778. The van der Waals surface area contributed by atoms with Gasteiger partial charge in [-0.25, -0.2) is 0 Å². The molecular weight excluding hydrogens is 218 g/mol. The summed E-state index contributed by atoms with van der Waals surface area (Å²) in [6, 6.07) is 0.449. The van der Waals surface area contributed by atoms with Gasteiger partial charge in [0.2, 0.25) is 5.28 Å². The first-order chi connectivity index (χ1) is 6.56. The van der Waals surface area contributed by atoms with E-state index in [9.17, 15) is 0 Å². The number of thioether (sulfide) groups is 1. The molecule has 5 heteroatoms. The van der Waals surface area contributed by atoms with Crippen molar-refractivity contribution in [1.29, 1.82) is 0 Å². The van der Waals surface area contributed by atoms with Crippen molar-refractivity contribution in [3.63, 3.8) is 0 Å².